The van der Waals surface area contributed by atoms with Crippen molar-refractivity contribution in [3.8, 4) is 0 Å². The van der Waals surface area contributed by atoms with Gasteiger partial charge in [-0.25, -0.2) is 4.68 Å². The van der Waals surface area contributed by atoms with E-state index in [2.05, 4.69) is 10.4 Å². The Hall–Kier alpha value is -2.14. The molecule has 0 radical (unpaired) electrons. The van der Waals surface area contributed by atoms with Gasteiger partial charge in [-0.15, -0.1) is 0 Å². The standard InChI is InChI=1S/C15H17N3O2/c19-15(13-4-2-1-3-5-13)17-14-6-8-16-18(14)10-12-7-9-20-11-12/h1-6,8,12H,7,9-11H2,(H,17,19). The number of benzene rings is 1. The molecule has 1 atom stereocenters. The molecule has 1 N–H and O–H groups in total. The molecular formula is C15H17N3O2. The highest BCUT2D eigenvalue weighted by atomic mass is 16.5. The van der Waals surface area contributed by atoms with Crippen molar-refractivity contribution in [1.29, 1.82) is 0 Å². The van der Waals surface area contributed by atoms with E-state index < -0.39 is 0 Å². The number of hydrogen-bond acceptors (Lipinski definition) is 3. The summed E-state index contributed by atoms with van der Waals surface area (Å²) >= 11 is 0. The topological polar surface area (TPSA) is 56.2 Å². The smallest absolute Gasteiger partial charge is 0.256 e. The van der Waals surface area contributed by atoms with Crippen LogP contribution in [0.2, 0.25) is 0 Å². The second-order valence-corrected chi connectivity index (χ2v) is 4.95. The molecule has 1 saturated heterocycles. The Kier molecular flexibility index (Phi) is 3.78. The van der Waals surface area contributed by atoms with Crippen LogP contribution in [0.4, 0.5) is 5.82 Å². The third kappa shape index (κ3) is 2.88. The highest BCUT2D eigenvalue weighted by molar-refractivity contribution is 6.03. The molecule has 2 aromatic rings. The number of ether oxygens (including phenoxy) is 1. The van der Waals surface area contributed by atoms with Crippen LogP contribution in [0, 0.1) is 5.92 Å². The van der Waals surface area contributed by atoms with Gasteiger partial charge in [-0.05, 0) is 18.6 Å². The van der Waals surface area contributed by atoms with Gasteiger partial charge in [0.1, 0.15) is 5.82 Å². The number of aromatic nitrogens is 2. The van der Waals surface area contributed by atoms with Crippen LogP contribution in [0.25, 0.3) is 0 Å². The zero-order valence-corrected chi connectivity index (χ0v) is 11.2. The monoisotopic (exact) mass is 271 g/mol. The van der Waals surface area contributed by atoms with Crippen molar-refractivity contribution in [1.82, 2.24) is 9.78 Å². The van der Waals surface area contributed by atoms with E-state index >= 15 is 0 Å². The first-order valence-corrected chi connectivity index (χ1v) is 6.79. The molecule has 1 aliphatic heterocycles. The van der Waals surface area contributed by atoms with Gasteiger partial charge < -0.3 is 10.1 Å². The van der Waals surface area contributed by atoms with Gasteiger partial charge in [-0.2, -0.15) is 5.10 Å². The van der Waals surface area contributed by atoms with Crippen LogP contribution in [0.5, 0.6) is 0 Å². The normalized spacial score (nSPS) is 18.1. The highest BCUT2D eigenvalue weighted by Crippen LogP contribution is 2.17. The van der Waals surface area contributed by atoms with Crippen molar-refractivity contribution in [2.75, 3.05) is 18.5 Å². The molecule has 0 bridgehead atoms. The van der Waals surface area contributed by atoms with E-state index in [1.165, 1.54) is 0 Å². The van der Waals surface area contributed by atoms with Crippen molar-refractivity contribution in [3.05, 3.63) is 48.2 Å². The van der Waals surface area contributed by atoms with Crippen molar-refractivity contribution >= 4 is 11.7 Å². The first-order chi connectivity index (χ1) is 9.83. The van der Waals surface area contributed by atoms with Crippen LogP contribution in [0.1, 0.15) is 16.8 Å². The van der Waals surface area contributed by atoms with Crippen LogP contribution in [0.15, 0.2) is 42.6 Å². The molecule has 5 heteroatoms. The summed E-state index contributed by atoms with van der Waals surface area (Å²) in [7, 11) is 0. The average molecular weight is 271 g/mol. The van der Waals surface area contributed by atoms with Gasteiger partial charge >= 0.3 is 0 Å². The zero-order valence-electron chi connectivity index (χ0n) is 11.2. The Bertz CT molecular complexity index is 574. The summed E-state index contributed by atoms with van der Waals surface area (Å²) in [4.78, 5) is 12.1. The van der Waals surface area contributed by atoms with E-state index in [-0.39, 0.29) is 5.91 Å². The molecule has 0 spiro atoms. The van der Waals surface area contributed by atoms with Crippen LogP contribution in [0.3, 0.4) is 0 Å². The predicted octanol–water partition coefficient (Wildman–Crippen LogP) is 2.17. The van der Waals surface area contributed by atoms with Gasteiger partial charge in [0.25, 0.3) is 5.91 Å². The number of carbonyl (C=O) groups excluding carboxylic acids is 1. The lowest BCUT2D eigenvalue weighted by Gasteiger charge is -2.12. The van der Waals surface area contributed by atoms with E-state index in [4.69, 9.17) is 4.74 Å². The van der Waals surface area contributed by atoms with Crippen molar-refractivity contribution in [2.24, 2.45) is 5.92 Å². The highest BCUT2D eigenvalue weighted by Gasteiger charge is 2.18. The summed E-state index contributed by atoms with van der Waals surface area (Å²) < 4.78 is 7.20. The molecule has 1 amide bonds. The summed E-state index contributed by atoms with van der Waals surface area (Å²) in [5.74, 6) is 1.09. The molecule has 1 aromatic carbocycles. The molecule has 1 aromatic heterocycles. The van der Waals surface area contributed by atoms with Crippen molar-refractivity contribution in [2.45, 2.75) is 13.0 Å². The second kappa shape index (κ2) is 5.88. The number of nitrogens with zero attached hydrogens (tertiary/aromatic N) is 2. The maximum atomic E-state index is 12.1. The molecule has 1 aliphatic rings. The number of rotatable bonds is 4. The van der Waals surface area contributed by atoms with Crippen molar-refractivity contribution in [3.63, 3.8) is 0 Å². The lowest BCUT2D eigenvalue weighted by atomic mass is 10.1. The van der Waals surface area contributed by atoms with Gasteiger partial charge in [-0.1, -0.05) is 18.2 Å². The summed E-state index contributed by atoms with van der Waals surface area (Å²) in [5.41, 5.74) is 0.643. The lowest BCUT2D eigenvalue weighted by Crippen LogP contribution is -2.18. The minimum atomic E-state index is -0.116. The molecule has 5 nitrogen and oxygen atoms in total. The maximum absolute atomic E-state index is 12.1. The van der Waals surface area contributed by atoms with E-state index in [0.717, 1.165) is 32.0 Å². The first kappa shape index (κ1) is 12.9. The molecule has 20 heavy (non-hydrogen) atoms. The van der Waals surface area contributed by atoms with Crippen LogP contribution in [-0.2, 0) is 11.3 Å². The van der Waals surface area contributed by atoms with Crippen LogP contribution in [-0.4, -0.2) is 28.9 Å². The van der Waals surface area contributed by atoms with E-state index in [1.54, 1.807) is 18.3 Å². The zero-order chi connectivity index (χ0) is 13.8. The Morgan fingerprint density at radius 1 is 1.35 bits per heavy atom. The lowest BCUT2D eigenvalue weighted by molar-refractivity contribution is 0.102. The van der Waals surface area contributed by atoms with Gasteiger partial charge in [0.2, 0.25) is 0 Å². The summed E-state index contributed by atoms with van der Waals surface area (Å²) in [6.07, 6.45) is 2.75. The second-order valence-electron chi connectivity index (χ2n) is 4.95. The van der Waals surface area contributed by atoms with Gasteiger partial charge in [0.15, 0.2) is 0 Å². The fourth-order valence-electron chi connectivity index (χ4n) is 2.33. The summed E-state index contributed by atoms with van der Waals surface area (Å²) in [6, 6.07) is 11.0. The molecule has 104 valence electrons. The van der Waals surface area contributed by atoms with E-state index in [1.807, 2.05) is 28.9 Å². The molecule has 1 unspecified atom stereocenters. The van der Waals surface area contributed by atoms with Crippen LogP contribution < -0.4 is 5.32 Å². The predicted molar refractivity (Wildman–Crippen MR) is 75.5 cm³/mol. The third-order valence-electron chi connectivity index (χ3n) is 3.45. The number of carbonyl (C=O) groups is 1. The Balaban J connectivity index is 1.68. The first-order valence-electron chi connectivity index (χ1n) is 6.79. The molecule has 0 aliphatic carbocycles. The average Bonchev–Trinajstić information content (AvgIpc) is 3.13. The quantitative estimate of drug-likeness (QED) is 0.927. The molecule has 1 fully saturated rings. The molecular weight excluding hydrogens is 254 g/mol. The Morgan fingerprint density at radius 3 is 2.95 bits per heavy atom. The number of amides is 1. The number of anilines is 1. The fraction of sp³-hybridized carbons (Fsp3) is 0.333. The molecule has 2 heterocycles. The largest absolute Gasteiger partial charge is 0.381 e. The summed E-state index contributed by atoms with van der Waals surface area (Å²) in [6.45, 7) is 2.36. The molecule has 0 saturated carbocycles. The number of nitrogens with one attached hydrogen (secondary N) is 1. The minimum Gasteiger partial charge on any atom is -0.381 e. The number of hydrogen-bond donors (Lipinski definition) is 1. The van der Waals surface area contributed by atoms with Crippen LogP contribution >= 0.6 is 0 Å². The third-order valence-corrected chi connectivity index (χ3v) is 3.45. The maximum Gasteiger partial charge on any atom is 0.256 e. The van der Waals surface area contributed by atoms with E-state index in [0.29, 0.717) is 11.5 Å². The fourth-order valence-corrected chi connectivity index (χ4v) is 2.33. The molecule has 3 rings (SSSR count). The SMILES string of the molecule is O=C(Nc1ccnn1CC1CCOC1)c1ccccc1. The van der Waals surface area contributed by atoms with Gasteiger partial charge in [0.05, 0.1) is 12.8 Å². The Labute approximate surface area is 117 Å². The summed E-state index contributed by atoms with van der Waals surface area (Å²) in [5, 5.41) is 7.17. The van der Waals surface area contributed by atoms with Gasteiger partial charge in [-0.3, -0.25) is 4.79 Å². The Morgan fingerprint density at radius 2 is 2.20 bits per heavy atom. The van der Waals surface area contributed by atoms with Crippen molar-refractivity contribution < 1.29 is 9.53 Å². The minimum absolute atomic E-state index is 0.116. The van der Waals surface area contributed by atoms with Gasteiger partial charge in [0, 0.05) is 30.7 Å². The van der Waals surface area contributed by atoms with E-state index in [9.17, 15) is 4.79 Å².